The Morgan fingerprint density at radius 1 is 1.23 bits per heavy atom. The molecule has 0 fully saturated rings. The number of esters is 1. The first-order chi connectivity index (χ1) is 19.3. The number of rotatable bonds is 8. The highest BCUT2D eigenvalue weighted by molar-refractivity contribution is 14.1. The third kappa shape index (κ3) is 5.83. The van der Waals surface area contributed by atoms with Crippen molar-refractivity contribution in [3.8, 4) is 11.5 Å². The number of ether oxygens (including phenoxy) is 3. The summed E-state index contributed by atoms with van der Waals surface area (Å²) in [6.07, 6.45) is 1.82. The average molecular weight is 751 g/mol. The van der Waals surface area contributed by atoms with Gasteiger partial charge in [0.1, 0.15) is 12.6 Å². The molecule has 40 heavy (non-hydrogen) atoms. The second kappa shape index (κ2) is 12.4. The summed E-state index contributed by atoms with van der Waals surface area (Å²) in [5, 5.41) is 1.93. The van der Waals surface area contributed by atoms with Gasteiger partial charge in [-0.05, 0) is 89.4 Å². The first-order valence-corrected chi connectivity index (χ1v) is 15.8. The van der Waals surface area contributed by atoms with Crippen molar-refractivity contribution in [1.82, 2.24) is 4.57 Å². The molecule has 0 saturated heterocycles. The van der Waals surface area contributed by atoms with E-state index in [0.717, 1.165) is 24.0 Å². The molecule has 0 spiro atoms. The van der Waals surface area contributed by atoms with Crippen molar-refractivity contribution in [2.45, 2.75) is 26.5 Å². The summed E-state index contributed by atoms with van der Waals surface area (Å²) in [5.41, 5.74) is 2.53. The fourth-order valence-electron chi connectivity index (χ4n) is 4.36. The number of carbonyl (C=O) groups is 1. The molecule has 0 radical (unpaired) electrons. The van der Waals surface area contributed by atoms with Gasteiger partial charge in [-0.1, -0.05) is 45.5 Å². The van der Waals surface area contributed by atoms with Gasteiger partial charge in [0.2, 0.25) is 0 Å². The minimum absolute atomic E-state index is 0.221. The molecule has 0 aliphatic carbocycles. The zero-order valence-corrected chi connectivity index (χ0v) is 27.1. The Morgan fingerprint density at radius 2 is 2.00 bits per heavy atom. The van der Waals surface area contributed by atoms with Crippen LogP contribution in [-0.4, -0.2) is 24.3 Å². The lowest BCUT2D eigenvalue weighted by atomic mass is 10.0. The molecule has 0 bridgehead atoms. The quantitative estimate of drug-likeness (QED) is 0.168. The molecule has 1 aliphatic heterocycles. The van der Waals surface area contributed by atoms with Crippen LogP contribution in [0, 0.1) is 3.57 Å². The van der Waals surface area contributed by atoms with Crippen molar-refractivity contribution in [3.63, 3.8) is 0 Å². The van der Waals surface area contributed by atoms with Gasteiger partial charge in [-0.15, -0.1) is 11.3 Å². The smallest absolute Gasteiger partial charge is 0.338 e. The van der Waals surface area contributed by atoms with E-state index in [1.165, 1.54) is 22.7 Å². The fourth-order valence-corrected chi connectivity index (χ4v) is 7.27. The lowest BCUT2D eigenvalue weighted by Crippen LogP contribution is -2.39. The van der Waals surface area contributed by atoms with E-state index in [9.17, 15) is 9.59 Å². The first-order valence-electron chi connectivity index (χ1n) is 12.3. The molecule has 1 atom stereocenters. The maximum Gasteiger partial charge on any atom is 0.338 e. The van der Waals surface area contributed by atoms with Crippen LogP contribution < -0.4 is 24.4 Å². The van der Waals surface area contributed by atoms with Crippen molar-refractivity contribution in [2.24, 2.45) is 4.99 Å². The largest absolute Gasteiger partial charge is 0.493 e. The molecule has 4 aromatic rings. The molecule has 1 aliphatic rings. The highest BCUT2D eigenvalue weighted by Crippen LogP contribution is 2.35. The van der Waals surface area contributed by atoms with E-state index in [1.54, 1.807) is 25.5 Å². The van der Waals surface area contributed by atoms with Gasteiger partial charge in [-0.2, -0.15) is 0 Å². The van der Waals surface area contributed by atoms with Gasteiger partial charge in [-0.25, -0.2) is 9.79 Å². The van der Waals surface area contributed by atoms with Crippen LogP contribution in [0.3, 0.4) is 0 Å². The third-order valence-electron chi connectivity index (χ3n) is 6.18. The first kappa shape index (κ1) is 28.8. The molecule has 7 nitrogen and oxygen atoms in total. The number of benzene rings is 2. The number of thiophene rings is 1. The second-order valence-electron chi connectivity index (χ2n) is 8.77. The van der Waals surface area contributed by atoms with E-state index < -0.39 is 12.0 Å². The van der Waals surface area contributed by atoms with Gasteiger partial charge >= 0.3 is 5.97 Å². The molecule has 0 saturated carbocycles. The predicted molar refractivity (Wildman–Crippen MR) is 169 cm³/mol. The van der Waals surface area contributed by atoms with Crippen molar-refractivity contribution in [2.75, 3.05) is 13.7 Å². The Labute approximate surface area is 260 Å². The number of methoxy groups -OCH3 is 1. The predicted octanol–water partition coefficient (Wildman–Crippen LogP) is 5.81. The maximum absolute atomic E-state index is 13.8. The summed E-state index contributed by atoms with van der Waals surface area (Å²) in [4.78, 5) is 32.8. The average Bonchev–Trinajstić information content (AvgIpc) is 3.56. The molecular formula is C29H24BrIN2O5S2. The Balaban J connectivity index is 1.54. The molecule has 0 N–H and O–H groups in total. The summed E-state index contributed by atoms with van der Waals surface area (Å²) in [7, 11) is 1.59. The standard InChI is InChI=1S/C29H24BrIN2O5S2/c1-4-37-28(35)24-16(2)32-29-33(25(24)22-6-5-11-39-22)27(34)23(40-29)14-18-12-20(31)26(21(13-18)36-3)38-15-17-7-9-19(30)10-8-17/h5-14,25H,4,15H2,1-3H3/b23-14-/t25-/m0/s1. The van der Waals surface area contributed by atoms with Crippen molar-refractivity contribution in [3.05, 3.63) is 109 Å². The molecule has 2 aromatic carbocycles. The lowest BCUT2D eigenvalue weighted by Gasteiger charge is -2.23. The highest BCUT2D eigenvalue weighted by Gasteiger charge is 2.33. The van der Waals surface area contributed by atoms with Crippen LogP contribution >= 0.6 is 61.2 Å². The number of allylic oxidation sites excluding steroid dienone is 1. The number of aromatic nitrogens is 1. The number of nitrogens with zero attached hydrogens (tertiary/aromatic N) is 2. The Bertz CT molecular complexity index is 1780. The van der Waals surface area contributed by atoms with Gasteiger partial charge in [-0.3, -0.25) is 9.36 Å². The van der Waals surface area contributed by atoms with Crippen molar-refractivity contribution < 1.29 is 19.0 Å². The summed E-state index contributed by atoms with van der Waals surface area (Å²) in [6, 6.07) is 15.0. The van der Waals surface area contributed by atoms with Crippen LogP contribution in [0.1, 0.15) is 35.9 Å². The maximum atomic E-state index is 13.8. The minimum atomic E-state index is -0.596. The molecule has 2 aromatic heterocycles. The summed E-state index contributed by atoms with van der Waals surface area (Å²) in [6.45, 7) is 4.17. The van der Waals surface area contributed by atoms with E-state index in [2.05, 4.69) is 43.5 Å². The number of hydrogen-bond donors (Lipinski definition) is 0. The normalized spacial score (nSPS) is 15.0. The topological polar surface area (TPSA) is 79.1 Å². The van der Waals surface area contributed by atoms with E-state index in [4.69, 9.17) is 14.2 Å². The van der Waals surface area contributed by atoms with Crippen LogP contribution in [0.15, 0.2) is 79.4 Å². The van der Waals surface area contributed by atoms with Gasteiger partial charge < -0.3 is 14.2 Å². The Kier molecular flexibility index (Phi) is 8.93. The molecule has 0 unspecified atom stereocenters. The molecule has 0 amide bonds. The Hall–Kier alpha value is -2.74. The molecule has 5 rings (SSSR count). The molecule has 3 heterocycles. The van der Waals surface area contributed by atoms with Crippen LogP contribution in [0.2, 0.25) is 0 Å². The number of fused-ring (bicyclic) bond motifs is 1. The number of carbonyl (C=O) groups excluding carboxylic acids is 1. The van der Waals surface area contributed by atoms with Crippen LogP contribution in [0.25, 0.3) is 6.08 Å². The fraction of sp³-hybridized carbons (Fsp3) is 0.207. The highest BCUT2D eigenvalue weighted by atomic mass is 127. The van der Waals surface area contributed by atoms with Gasteiger partial charge in [0.25, 0.3) is 5.56 Å². The van der Waals surface area contributed by atoms with E-state index in [1.807, 2.05) is 60.0 Å². The van der Waals surface area contributed by atoms with Crippen molar-refractivity contribution >= 4 is 73.2 Å². The van der Waals surface area contributed by atoms with Gasteiger partial charge in [0.15, 0.2) is 16.3 Å². The van der Waals surface area contributed by atoms with Gasteiger partial charge in [0, 0.05) is 9.35 Å². The molecule has 11 heteroatoms. The molecular weight excluding hydrogens is 727 g/mol. The summed E-state index contributed by atoms with van der Waals surface area (Å²) < 4.78 is 21.1. The zero-order chi connectivity index (χ0) is 28.4. The van der Waals surface area contributed by atoms with Crippen LogP contribution in [0.5, 0.6) is 11.5 Å². The summed E-state index contributed by atoms with van der Waals surface area (Å²) >= 11 is 8.44. The number of halogens is 2. The van der Waals surface area contributed by atoms with Gasteiger partial charge in [0.05, 0.1) is 33.1 Å². The minimum Gasteiger partial charge on any atom is -0.493 e. The van der Waals surface area contributed by atoms with Crippen molar-refractivity contribution in [1.29, 1.82) is 0 Å². The number of thiazole rings is 1. The van der Waals surface area contributed by atoms with E-state index >= 15 is 0 Å². The van der Waals surface area contributed by atoms with E-state index in [-0.39, 0.29) is 12.2 Å². The SMILES string of the molecule is CCOC(=O)C1=C(C)N=c2s/c(=C\c3cc(I)c(OCc4ccc(Br)cc4)c(OC)c3)c(=O)n2[C@H]1c1cccs1. The Morgan fingerprint density at radius 3 is 2.67 bits per heavy atom. The number of hydrogen-bond acceptors (Lipinski definition) is 8. The summed E-state index contributed by atoms with van der Waals surface area (Å²) in [5.74, 6) is 0.742. The zero-order valence-electron chi connectivity index (χ0n) is 21.8. The third-order valence-corrected chi connectivity index (χ3v) is 9.41. The second-order valence-corrected chi connectivity index (χ2v) is 12.8. The van der Waals surface area contributed by atoms with Crippen LogP contribution in [-0.2, 0) is 16.1 Å². The van der Waals surface area contributed by atoms with Crippen LogP contribution in [0.4, 0.5) is 0 Å². The monoisotopic (exact) mass is 750 g/mol. The lowest BCUT2D eigenvalue weighted by molar-refractivity contribution is -0.139. The van der Waals surface area contributed by atoms with E-state index in [0.29, 0.717) is 38.7 Å². The molecule has 206 valence electrons.